The van der Waals surface area contributed by atoms with Crippen LogP contribution in [0.1, 0.15) is 34.1 Å². The van der Waals surface area contributed by atoms with Crippen LogP contribution in [0.4, 0.5) is 0 Å². The third kappa shape index (κ3) is 2.45. The highest BCUT2D eigenvalue weighted by molar-refractivity contribution is 9.10. The number of hydrogen-bond acceptors (Lipinski definition) is 2. The molecule has 0 saturated carbocycles. The van der Waals surface area contributed by atoms with E-state index in [9.17, 15) is 0 Å². The van der Waals surface area contributed by atoms with Crippen LogP contribution in [-0.4, -0.2) is 0 Å². The number of rotatable bonds is 2. The molecule has 0 aliphatic carbocycles. The fraction of sp³-hybridized carbons (Fsp3) is 0.286. The van der Waals surface area contributed by atoms with Gasteiger partial charge in [-0.3, -0.25) is 0 Å². The smallest absolute Gasteiger partial charge is 0.169 e. The van der Waals surface area contributed by atoms with Crippen molar-refractivity contribution in [3.8, 4) is 0 Å². The van der Waals surface area contributed by atoms with Gasteiger partial charge in [0.25, 0.3) is 0 Å². The van der Waals surface area contributed by atoms with Crippen LogP contribution in [-0.2, 0) is 0 Å². The second kappa shape index (κ2) is 4.67. The van der Waals surface area contributed by atoms with E-state index in [4.69, 9.17) is 10.2 Å². The Balaban J connectivity index is 2.47. The van der Waals surface area contributed by atoms with Gasteiger partial charge in [-0.15, -0.1) is 0 Å². The molecule has 2 nitrogen and oxygen atoms in total. The molecule has 90 valence electrons. The van der Waals surface area contributed by atoms with Gasteiger partial charge in [-0.05, 0) is 65.5 Å². The van der Waals surface area contributed by atoms with Gasteiger partial charge in [-0.2, -0.15) is 0 Å². The van der Waals surface area contributed by atoms with Gasteiger partial charge >= 0.3 is 0 Å². The van der Waals surface area contributed by atoms with Gasteiger partial charge < -0.3 is 10.2 Å². The number of hydrogen-bond donors (Lipinski definition) is 1. The SMILES string of the molecule is Cc1cc(C)c(C(N)c2ccc(Br)o2)c(C)c1. The standard InChI is InChI=1S/C14H16BrNO/c1-8-6-9(2)13(10(3)7-8)14(16)11-4-5-12(15)17-11/h4-7,14H,16H2,1-3H3. The first-order chi connectivity index (χ1) is 7.99. The van der Waals surface area contributed by atoms with E-state index in [0.29, 0.717) is 4.67 Å². The van der Waals surface area contributed by atoms with Gasteiger partial charge in [0.1, 0.15) is 5.76 Å². The fourth-order valence-corrected chi connectivity index (χ4v) is 2.64. The molecule has 17 heavy (non-hydrogen) atoms. The maximum absolute atomic E-state index is 6.27. The van der Waals surface area contributed by atoms with Gasteiger partial charge in [0, 0.05) is 0 Å². The molecule has 0 bridgehead atoms. The highest BCUT2D eigenvalue weighted by Gasteiger charge is 2.17. The molecule has 0 aliphatic heterocycles. The first-order valence-electron chi connectivity index (χ1n) is 5.57. The van der Waals surface area contributed by atoms with E-state index >= 15 is 0 Å². The van der Waals surface area contributed by atoms with Gasteiger partial charge in [-0.25, -0.2) is 0 Å². The van der Waals surface area contributed by atoms with Crippen LogP contribution in [0.3, 0.4) is 0 Å². The zero-order valence-electron chi connectivity index (χ0n) is 10.3. The minimum absolute atomic E-state index is 0.207. The van der Waals surface area contributed by atoms with Crippen LogP contribution in [0.25, 0.3) is 0 Å². The molecule has 2 N–H and O–H groups in total. The Morgan fingerprint density at radius 2 is 1.71 bits per heavy atom. The summed E-state index contributed by atoms with van der Waals surface area (Å²) < 4.78 is 6.24. The summed E-state index contributed by atoms with van der Waals surface area (Å²) >= 11 is 3.30. The topological polar surface area (TPSA) is 39.2 Å². The lowest BCUT2D eigenvalue weighted by molar-refractivity contribution is 0.469. The quantitative estimate of drug-likeness (QED) is 0.908. The first-order valence-corrected chi connectivity index (χ1v) is 6.37. The van der Waals surface area contributed by atoms with Crippen molar-refractivity contribution < 1.29 is 4.42 Å². The molecule has 1 atom stereocenters. The Labute approximate surface area is 110 Å². The second-order valence-electron chi connectivity index (χ2n) is 4.43. The van der Waals surface area contributed by atoms with E-state index in [0.717, 1.165) is 11.3 Å². The molecular weight excluding hydrogens is 278 g/mol. The van der Waals surface area contributed by atoms with E-state index in [1.807, 2.05) is 12.1 Å². The average Bonchev–Trinajstić information content (AvgIpc) is 2.63. The van der Waals surface area contributed by atoms with Gasteiger partial charge in [-0.1, -0.05) is 17.7 Å². The Bertz CT molecular complexity index is 522. The minimum atomic E-state index is -0.207. The van der Waals surface area contributed by atoms with Crippen molar-refractivity contribution in [2.75, 3.05) is 0 Å². The summed E-state index contributed by atoms with van der Waals surface area (Å²) in [4.78, 5) is 0. The Morgan fingerprint density at radius 1 is 1.12 bits per heavy atom. The lowest BCUT2D eigenvalue weighted by Crippen LogP contribution is -2.14. The maximum Gasteiger partial charge on any atom is 0.169 e. The molecule has 0 amide bonds. The van der Waals surface area contributed by atoms with E-state index in [1.165, 1.54) is 16.7 Å². The van der Waals surface area contributed by atoms with Crippen LogP contribution >= 0.6 is 15.9 Å². The van der Waals surface area contributed by atoms with E-state index < -0.39 is 0 Å². The van der Waals surface area contributed by atoms with Crippen LogP contribution in [0, 0.1) is 20.8 Å². The predicted molar refractivity (Wildman–Crippen MR) is 73.1 cm³/mol. The number of furan rings is 1. The van der Waals surface area contributed by atoms with Gasteiger partial charge in [0.15, 0.2) is 4.67 Å². The number of halogens is 1. The third-order valence-corrected chi connectivity index (χ3v) is 3.38. The van der Waals surface area contributed by atoms with Crippen molar-refractivity contribution in [2.24, 2.45) is 5.73 Å². The molecule has 2 aromatic rings. The summed E-state index contributed by atoms with van der Waals surface area (Å²) in [5.74, 6) is 0.784. The Morgan fingerprint density at radius 3 is 2.18 bits per heavy atom. The maximum atomic E-state index is 6.27. The molecule has 1 aromatic carbocycles. The lowest BCUT2D eigenvalue weighted by Gasteiger charge is -2.16. The Hall–Kier alpha value is -1.06. The highest BCUT2D eigenvalue weighted by atomic mass is 79.9. The number of benzene rings is 1. The minimum Gasteiger partial charge on any atom is -0.452 e. The molecule has 1 heterocycles. The second-order valence-corrected chi connectivity index (χ2v) is 5.21. The van der Waals surface area contributed by atoms with Crippen LogP contribution < -0.4 is 5.73 Å². The number of aryl methyl sites for hydroxylation is 3. The molecule has 0 saturated heterocycles. The average molecular weight is 294 g/mol. The summed E-state index contributed by atoms with van der Waals surface area (Å²) in [6.45, 7) is 6.28. The van der Waals surface area contributed by atoms with Gasteiger partial charge in [0.2, 0.25) is 0 Å². The Kier molecular flexibility index (Phi) is 3.40. The van der Waals surface area contributed by atoms with Crippen molar-refractivity contribution in [3.05, 3.63) is 56.9 Å². The molecule has 0 aliphatic rings. The highest BCUT2D eigenvalue weighted by Crippen LogP contribution is 2.29. The van der Waals surface area contributed by atoms with Crippen LogP contribution in [0.2, 0.25) is 0 Å². The zero-order chi connectivity index (χ0) is 12.6. The normalized spacial score (nSPS) is 12.8. The monoisotopic (exact) mass is 293 g/mol. The van der Waals surface area contributed by atoms with E-state index in [-0.39, 0.29) is 6.04 Å². The summed E-state index contributed by atoms with van der Waals surface area (Å²) in [6, 6.07) is 7.88. The van der Waals surface area contributed by atoms with Crippen molar-refractivity contribution in [3.63, 3.8) is 0 Å². The van der Waals surface area contributed by atoms with Crippen LogP contribution in [0.5, 0.6) is 0 Å². The molecule has 2 rings (SSSR count). The number of nitrogens with two attached hydrogens (primary N) is 1. The third-order valence-electron chi connectivity index (χ3n) is 2.95. The van der Waals surface area contributed by atoms with Gasteiger partial charge in [0.05, 0.1) is 6.04 Å². The molecule has 1 unspecified atom stereocenters. The lowest BCUT2D eigenvalue weighted by atomic mass is 9.93. The molecule has 0 spiro atoms. The van der Waals surface area contributed by atoms with E-state index in [1.54, 1.807) is 0 Å². The van der Waals surface area contributed by atoms with Crippen molar-refractivity contribution in [1.82, 2.24) is 0 Å². The molecule has 3 heteroatoms. The fourth-order valence-electron chi connectivity index (χ4n) is 2.32. The predicted octanol–water partition coefficient (Wildman–Crippen LogP) is 4.02. The molecule has 0 radical (unpaired) electrons. The van der Waals surface area contributed by atoms with Crippen molar-refractivity contribution in [1.29, 1.82) is 0 Å². The summed E-state index contributed by atoms with van der Waals surface area (Å²) in [6.07, 6.45) is 0. The van der Waals surface area contributed by atoms with E-state index in [2.05, 4.69) is 48.8 Å². The van der Waals surface area contributed by atoms with Crippen LogP contribution in [0.15, 0.2) is 33.4 Å². The largest absolute Gasteiger partial charge is 0.452 e. The summed E-state index contributed by atoms with van der Waals surface area (Å²) in [5.41, 5.74) is 11.1. The zero-order valence-corrected chi connectivity index (χ0v) is 11.8. The molecule has 1 aromatic heterocycles. The molecular formula is C14H16BrNO. The van der Waals surface area contributed by atoms with Crippen molar-refractivity contribution in [2.45, 2.75) is 26.8 Å². The van der Waals surface area contributed by atoms with Crippen molar-refractivity contribution >= 4 is 15.9 Å². The molecule has 0 fully saturated rings. The summed E-state index contributed by atoms with van der Waals surface area (Å²) in [7, 11) is 0. The summed E-state index contributed by atoms with van der Waals surface area (Å²) in [5, 5.41) is 0. The first kappa shape index (κ1) is 12.4.